The van der Waals surface area contributed by atoms with Gasteiger partial charge in [-0.25, -0.2) is 18.4 Å². The van der Waals surface area contributed by atoms with Crippen molar-refractivity contribution in [1.29, 1.82) is 0 Å². The number of benzene rings is 2. The van der Waals surface area contributed by atoms with Gasteiger partial charge in [0.2, 0.25) is 10.0 Å². The largest absolute Gasteiger partial charge is 0.490 e. The molecule has 0 radical (unpaired) electrons. The number of nitrogens with two attached hydrogens (primary N) is 1. The predicted octanol–water partition coefficient (Wildman–Crippen LogP) is 4.38. The van der Waals surface area contributed by atoms with E-state index in [1.807, 2.05) is 12.1 Å². The number of aliphatic hydroxyl groups excluding tert-OH is 1. The number of anilines is 1. The van der Waals surface area contributed by atoms with Crippen LogP contribution in [-0.2, 0) is 21.9 Å². The van der Waals surface area contributed by atoms with E-state index in [0.717, 1.165) is 37.8 Å². The first-order valence-corrected chi connectivity index (χ1v) is 15.9. The van der Waals surface area contributed by atoms with Gasteiger partial charge in [-0.15, -0.1) is 0 Å². The van der Waals surface area contributed by atoms with Crippen LogP contribution in [0.5, 0.6) is 5.75 Å². The number of allylic oxidation sites excluding steroid dienone is 1. The van der Waals surface area contributed by atoms with E-state index in [1.54, 1.807) is 37.3 Å². The molecule has 5 atom stereocenters. The molecule has 2 aromatic rings. The number of carbonyl (C=O) groups is 1. The zero-order chi connectivity index (χ0) is 28.7. The number of carboxylic acids is 1. The van der Waals surface area contributed by atoms with Crippen molar-refractivity contribution in [2.75, 3.05) is 30.3 Å². The van der Waals surface area contributed by atoms with Gasteiger partial charge in [0.15, 0.2) is 0 Å². The summed E-state index contributed by atoms with van der Waals surface area (Å²) < 4.78 is 29.2. The van der Waals surface area contributed by atoms with E-state index >= 15 is 0 Å². The molecule has 2 aromatic carbocycles. The Hall–Kier alpha value is -2.59. The number of aromatic carboxylic acids is 1. The normalized spacial score (nSPS) is 25.9. The third-order valence-corrected chi connectivity index (χ3v) is 10.0. The lowest BCUT2D eigenvalue weighted by Gasteiger charge is -2.45. The number of aliphatic hydroxyl groups is 1. The molecule has 0 amide bonds. The van der Waals surface area contributed by atoms with E-state index in [4.69, 9.17) is 21.5 Å². The molecular formula is C30H37ClN2O6S. The fourth-order valence-corrected chi connectivity index (χ4v) is 7.71. The van der Waals surface area contributed by atoms with E-state index < -0.39 is 22.1 Å². The van der Waals surface area contributed by atoms with Crippen molar-refractivity contribution in [1.82, 2.24) is 0 Å². The summed E-state index contributed by atoms with van der Waals surface area (Å²) in [5, 5.41) is 26.6. The molecule has 40 heavy (non-hydrogen) atoms. The van der Waals surface area contributed by atoms with E-state index in [-0.39, 0.29) is 34.5 Å². The van der Waals surface area contributed by atoms with Gasteiger partial charge in [0.05, 0.1) is 29.7 Å². The standard InChI is InChI=1S/C30H37ClN2O6S/c1-19(16-40(32,37)38)4-10-27(34)24-8-5-22(24)15-33-17-30(12-2-3-20-13-23(31)7-9-25(20)30)18-39-28-11-6-21(29(35)36)14-26(28)33/h4,6-7,9-11,13-14,19,22,24,27,34H,2-3,5,8,12,15-18H2,1H3,(H,35,36)(H2,32,37,38)/b10-4+/t19-,22-,24+,27-,30-/m0/s1. The van der Waals surface area contributed by atoms with Crippen LogP contribution >= 0.6 is 11.6 Å². The summed E-state index contributed by atoms with van der Waals surface area (Å²) in [5.41, 5.74) is 3.15. The van der Waals surface area contributed by atoms with Gasteiger partial charge in [0, 0.05) is 23.5 Å². The minimum Gasteiger partial charge on any atom is -0.490 e. The summed E-state index contributed by atoms with van der Waals surface area (Å²) in [6.07, 6.45) is 7.41. The monoisotopic (exact) mass is 588 g/mol. The molecule has 0 saturated heterocycles. The fraction of sp³-hybridized carbons (Fsp3) is 0.500. The second kappa shape index (κ2) is 11.4. The van der Waals surface area contributed by atoms with E-state index in [9.17, 15) is 23.4 Å². The van der Waals surface area contributed by atoms with Crippen molar-refractivity contribution in [3.05, 3.63) is 70.3 Å². The molecule has 1 heterocycles. The first kappa shape index (κ1) is 28.9. The molecule has 1 saturated carbocycles. The van der Waals surface area contributed by atoms with Crippen LogP contribution in [0.15, 0.2) is 48.6 Å². The molecule has 2 aliphatic carbocycles. The molecule has 1 spiro atoms. The van der Waals surface area contributed by atoms with Gasteiger partial charge in [-0.2, -0.15) is 0 Å². The van der Waals surface area contributed by atoms with Gasteiger partial charge in [-0.05, 0) is 91.3 Å². The van der Waals surface area contributed by atoms with Crippen LogP contribution in [0.25, 0.3) is 0 Å². The van der Waals surface area contributed by atoms with E-state index in [0.29, 0.717) is 30.5 Å². The van der Waals surface area contributed by atoms with Crippen molar-refractivity contribution in [3.63, 3.8) is 0 Å². The Morgan fingerprint density at radius 1 is 1.25 bits per heavy atom. The van der Waals surface area contributed by atoms with Crippen molar-refractivity contribution in [2.45, 2.75) is 50.5 Å². The topological polar surface area (TPSA) is 130 Å². The Balaban J connectivity index is 1.42. The molecule has 8 nitrogen and oxygen atoms in total. The Bertz CT molecular complexity index is 1410. The Kier molecular flexibility index (Phi) is 8.21. The quantitative estimate of drug-likeness (QED) is 0.390. The zero-order valence-corrected chi connectivity index (χ0v) is 24.2. The number of sulfonamides is 1. The van der Waals surface area contributed by atoms with Crippen molar-refractivity contribution in [3.8, 4) is 5.75 Å². The first-order valence-electron chi connectivity index (χ1n) is 13.8. The minimum atomic E-state index is -3.59. The average molecular weight is 589 g/mol. The molecule has 10 heteroatoms. The van der Waals surface area contributed by atoms with Gasteiger partial charge < -0.3 is 19.8 Å². The summed E-state index contributed by atoms with van der Waals surface area (Å²) in [6.45, 7) is 3.55. The van der Waals surface area contributed by atoms with Crippen LogP contribution in [0.4, 0.5) is 5.69 Å². The van der Waals surface area contributed by atoms with Crippen molar-refractivity contribution >= 4 is 33.3 Å². The first-order chi connectivity index (χ1) is 18.9. The maximum atomic E-state index is 11.9. The Labute approximate surface area is 240 Å². The minimum absolute atomic E-state index is 0.0154. The number of hydrogen-bond donors (Lipinski definition) is 3. The smallest absolute Gasteiger partial charge is 0.335 e. The SMILES string of the molecule is C[C@@H](/C=C/[C@H](O)[C@@H]1CC[C@H]1CN1C[C@@]2(CCCc3cc(Cl)ccc32)COc2ccc(C(=O)O)cc21)CS(N)(=O)=O. The highest BCUT2D eigenvalue weighted by molar-refractivity contribution is 7.89. The van der Waals surface area contributed by atoms with Gasteiger partial charge in [0.25, 0.3) is 0 Å². The summed E-state index contributed by atoms with van der Waals surface area (Å²) in [7, 11) is -3.59. The fourth-order valence-electron chi connectivity index (χ4n) is 6.67. The summed E-state index contributed by atoms with van der Waals surface area (Å²) in [4.78, 5) is 14.1. The Morgan fingerprint density at radius 3 is 2.75 bits per heavy atom. The molecule has 4 N–H and O–H groups in total. The lowest BCUT2D eigenvalue weighted by molar-refractivity contribution is 0.0455. The second-order valence-corrected chi connectivity index (χ2v) is 13.9. The van der Waals surface area contributed by atoms with Crippen LogP contribution in [0.1, 0.15) is 54.1 Å². The number of primary sulfonamides is 1. The molecule has 3 aliphatic rings. The van der Waals surface area contributed by atoms with E-state index in [2.05, 4.69) is 11.0 Å². The molecule has 216 valence electrons. The number of rotatable bonds is 8. The zero-order valence-electron chi connectivity index (χ0n) is 22.6. The maximum absolute atomic E-state index is 11.9. The number of nitrogens with zero attached hydrogens (tertiary/aromatic N) is 1. The summed E-state index contributed by atoms with van der Waals surface area (Å²) in [6, 6.07) is 11.1. The third-order valence-electron chi connectivity index (χ3n) is 8.79. The number of hydrogen-bond acceptors (Lipinski definition) is 6. The molecule has 5 rings (SSSR count). The van der Waals surface area contributed by atoms with Crippen molar-refractivity contribution < 1.29 is 28.2 Å². The lowest BCUT2D eigenvalue weighted by atomic mass is 9.68. The molecule has 0 unspecified atom stereocenters. The molecule has 1 fully saturated rings. The summed E-state index contributed by atoms with van der Waals surface area (Å²) in [5.74, 6) is -0.604. The molecular weight excluding hydrogens is 552 g/mol. The highest BCUT2D eigenvalue weighted by atomic mass is 35.5. The number of aryl methyl sites for hydroxylation is 1. The average Bonchev–Trinajstić information content (AvgIpc) is 3.01. The van der Waals surface area contributed by atoms with Crippen LogP contribution < -0.4 is 14.8 Å². The number of halogens is 1. The summed E-state index contributed by atoms with van der Waals surface area (Å²) >= 11 is 6.34. The van der Waals surface area contributed by atoms with Gasteiger partial charge in [0.1, 0.15) is 5.75 Å². The highest BCUT2D eigenvalue weighted by Gasteiger charge is 2.44. The predicted molar refractivity (Wildman–Crippen MR) is 156 cm³/mol. The third kappa shape index (κ3) is 6.17. The number of carboxylic acid groups (broad SMARTS) is 1. The molecule has 0 aromatic heterocycles. The van der Waals surface area contributed by atoms with Crippen LogP contribution in [0.3, 0.4) is 0 Å². The van der Waals surface area contributed by atoms with Gasteiger partial charge in [-0.1, -0.05) is 36.7 Å². The molecule has 1 aliphatic heterocycles. The van der Waals surface area contributed by atoms with Crippen LogP contribution in [-0.4, -0.2) is 56.2 Å². The second-order valence-electron chi connectivity index (χ2n) is 11.8. The van der Waals surface area contributed by atoms with Crippen molar-refractivity contribution in [2.24, 2.45) is 22.9 Å². The number of ether oxygens (including phenoxy) is 1. The van der Waals surface area contributed by atoms with Gasteiger partial charge >= 0.3 is 5.97 Å². The van der Waals surface area contributed by atoms with Crippen LogP contribution in [0, 0.1) is 17.8 Å². The highest BCUT2D eigenvalue weighted by Crippen LogP contribution is 2.46. The Morgan fingerprint density at radius 2 is 2.05 bits per heavy atom. The van der Waals surface area contributed by atoms with Crippen LogP contribution in [0.2, 0.25) is 5.02 Å². The van der Waals surface area contributed by atoms with Gasteiger partial charge in [-0.3, -0.25) is 0 Å². The maximum Gasteiger partial charge on any atom is 0.335 e. The van der Waals surface area contributed by atoms with E-state index in [1.165, 1.54) is 11.1 Å². The molecule has 0 bridgehead atoms. The lowest BCUT2D eigenvalue weighted by Crippen LogP contribution is -2.49. The number of fused-ring (bicyclic) bond motifs is 3.